The predicted molar refractivity (Wildman–Crippen MR) is 82.9 cm³/mol. The Bertz CT molecular complexity index is 632. The molecule has 22 heavy (non-hydrogen) atoms. The van der Waals surface area contributed by atoms with Gasteiger partial charge >= 0.3 is 0 Å². The Kier molecular flexibility index (Phi) is 4.44. The van der Waals surface area contributed by atoms with Crippen molar-refractivity contribution in [2.45, 2.75) is 26.8 Å². The summed E-state index contributed by atoms with van der Waals surface area (Å²) in [6.45, 7) is 5.81. The fourth-order valence-electron chi connectivity index (χ4n) is 2.00. The van der Waals surface area contributed by atoms with E-state index in [1.807, 2.05) is 20.8 Å². The lowest BCUT2D eigenvalue weighted by Crippen LogP contribution is -2.46. The average Bonchev–Trinajstić information content (AvgIpc) is 2.45. The van der Waals surface area contributed by atoms with Crippen molar-refractivity contribution in [3.8, 4) is 11.5 Å². The number of carbonyl (C=O) groups is 1. The zero-order chi connectivity index (χ0) is 16.3. The van der Waals surface area contributed by atoms with Crippen molar-refractivity contribution in [1.29, 1.82) is 0 Å². The smallest absolute Gasteiger partial charge is 0.254 e. The molecule has 1 aliphatic rings. The molecule has 7 nitrogen and oxygen atoms in total. The second kappa shape index (κ2) is 6.13. The van der Waals surface area contributed by atoms with Crippen LogP contribution >= 0.6 is 0 Å². The first-order valence-corrected chi connectivity index (χ1v) is 6.87. The maximum atomic E-state index is 12.1. The number of nitrogens with zero attached hydrogens (tertiary/aromatic N) is 3. The monoisotopic (exact) mass is 304 g/mol. The Hall–Kier alpha value is -2.44. The van der Waals surface area contributed by atoms with Gasteiger partial charge in [-0.05, 0) is 17.5 Å². The minimum Gasteiger partial charge on any atom is -0.493 e. The lowest BCUT2D eigenvalue weighted by Gasteiger charge is -2.27. The van der Waals surface area contributed by atoms with Crippen LogP contribution in [0.15, 0.2) is 33.4 Å². The largest absolute Gasteiger partial charge is 0.493 e. The van der Waals surface area contributed by atoms with E-state index in [-0.39, 0.29) is 17.3 Å². The van der Waals surface area contributed by atoms with Gasteiger partial charge in [0.25, 0.3) is 5.91 Å². The third-order valence-electron chi connectivity index (χ3n) is 3.17. The van der Waals surface area contributed by atoms with Crippen LogP contribution in [0.3, 0.4) is 0 Å². The maximum absolute atomic E-state index is 12.1. The first-order chi connectivity index (χ1) is 10.3. The summed E-state index contributed by atoms with van der Waals surface area (Å²) < 4.78 is 10.4. The number of hydrogen-bond acceptors (Lipinski definition) is 5. The number of rotatable bonds is 3. The van der Waals surface area contributed by atoms with E-state index in [1.165, 1.54) is 0 Å². The van der Waals surface area contributed by atoms with Gasteiger partial charge in [-0.3, -0.25) is 10.1 Å². The van der Waals surface area contributed by atoms with Crippen LogP contribution in [0.1, 0.15) is 20.8 Å². The second-order valence-corrected chi connectivity index (χ2v) is 5.95. The molecule has 118 valence electrons. The summed E-state index contributed by atoms with van der Waals surface area (Å²) in [6, 6.07) is 4.66. The molecular weight excluding hydrogens is 284 g/mol. The van der Waals surface area contributed by atoms with Crippen LogP contribution in [0.2, 0.25) is 0 Å². The molecule has 1 aliphatic heterocycles. The molecule has 1 heterocycles. The Morgan fingerprint density at radius 1 is 1.18 bits per heavy atom. The van der Waals surface area contributed by atoms with Gasteiger partial charge in [0.05, 0.1) is 19.9 Å². The van der Waals surface area contributed by atoms with E-state index in [0.717, 1.165) is 0 Å². The van der Waals surface area contributed by atoms with Crippen molar-refractivity contribution in [3.05, 3.63) is 18.2 Å². The molecule has 0 fully saturated rings. The van der Waals surface area contributed by atoms with Gasteiger partial charge in [-0.2, -0.15) is 5.11 Å². The van der Waals surface area contributed by atoms with Crippen molar-refractivity contribution in [2.24, 2.45) is 20.6 Å². The Morgan fingerprint density at radius 2 is 1.86 bits per heavy atom. The average molecular weight is 304 g/mol. The van der Waals surface area contributed by atoms with Crippen molar-refractivity contribution in [3.63, 3.8) is 0 Å². The lowest BCUT2D eigenvalue weighted by atomic mass is 9.86. The summed E-state index contributed by atoms with van der Waals surface area (Å²) in [5.74, 6) is 1.11. The molecule has 1 aromatic carbocycles. The molecule has 0 spiro atoms. The first-order valence-electron chi connectivity index (χ1n) is 6.87. The van der Waals surface area contributed by atoms with Crippen molar-refractivity contribution >= 4 is 17.6 Å². The molecule has 0 saturated heterocycles. The Morgan fingerprint density at radius 3 is 2.41 bits per heavy atom. The molecule has 1 amide bonds. The maximum Gasteiger partial charge on any atom is 0.254 e. The summed E-state index contributed by atoms with van der Waals surface area (Å²) in [4.78, 5) is 16.3. The number of ether oxygens (including phenoxy) is 2. The minimum absolute atomic E-state index is 0.165. The van der Waals surface area contributed by atoms with Crippen LogP contribution in [-0.2, 0) is 4.79 Å². The lowest BCUT2D eigenvalue weighted by molar-refractivity contribution is -0.123. The molecule has 0 aliphatic carbocycles. The number of carbonyl (C=O) groups excluding carboxylic acids is 1. The highest BCUT2D eigenvalue weighted by Crippen LogP contribution is 2.31. The number of amides is 1. The van der Waals surface area contributed by atoms with E-state index < -0.39 is 6.04 Å². The summed E-state index contributed by atoms with van der Waals surface area (Å²) in [5.41, 5.74) is 0.295. The highest BCUT2D eigenvalue weighted by atomic mass is 16.5. The molecule has 7 heteroatoms. The van der Waals surface area contributed by atoms with Crippen LogP contribution in [0.4, 0.5) is 5.69 Å². The molecule has 0 radical (unpaired) electrons. The van der Waals surface area contributed by atoms with Crippen molar-refractivity contribution in [1.82, 2.24) is 5.32 Å². The molecule has 0 bridgehead atoms. The highest BCUT2D eigenvalue weighted by molar-refractivity contribution is 6.02. The van der Waals surface area contributed by atoms with Crippen LogP contribution in [-0.4, -0.2) is 32.1 Å². The first kappa shape index (κ1) is 15.9. The minimum atomic E-state index is -0.517. The zero-order valence-electron chi connectivity index (χ0n) is 13.4. The van der Waals surface area contributed by atoms with Crippen molar-refractivity contribution < 1.29 is 14.3 Å². The van der Waals surface area contributed by atoms with Crippen LogP contribution in [0, 0.1) is 5.41 Å². The number of hydrogen-bond donors (Lipinski definition) is 1. The van der Waals surface area contributed by atoms with Gasteiger partial charge < -0.3 is 9.47 Å². The summed E-state index contributed by atoms with van der Waals surface area (Å²) >= 11 is 0. The van der Waals surface area contributed by atoms with E-state index in [9.17, 15) is 4.79 Å². The number of nitrogens with one attached hydrogen (secondary N) is 1. The van der Waals surface area contributed by atoms with Gasteiger partial charge in [0.1, 0.15) is 0 Å². The SMILES string of the molecule is COc1ccc(N=C2N=NC(C(C)(C)C)C(=O)N2)cc1OC. The quantitative estimate of drug-likeness (QED) is 0.931. The van der Waals surface area contributed by atoms with Gasteiger partial charge in [-0.1, -0.05) is 20.8 Å². The topological polar surface area (TPSA) is 84.6 Å². The third kappa shape index (κ3) is 3.41. The normalized spacial score (nSPS) is 20.0. The van der Waals surface area contributed by atoms with E-state index in [2.05, 4.69) is 20.5 Å². The van der Waals surface area contributed by atoms with Gasteiger partial charge in [-0.15, -0.1) is 5.11 Å². The Balaban J connectivity index is 2.26. The summed E-state index contributed by atoms with van der Waals surface area (Å²) in [7, 11) is 3.11. The molecule has 1 aromatic rings. The van der Waals surface area contributed by atoms with Crippen molar-refractivity contribution in [2.75, 3.05) is 14.2 Å². The summed E-state index contributed by atoms with van der Waals surface area (Å²) in [5, 5.41) is 10.7. The molecule has 1 N–H and O–H groups in total. The molecule has 1 unspecified atom stereocenters. The fraction of sp³-hybridized carbons (Fsp3) is 0.467. The highest BCUT2D eigenvalue weighted by Gasteiger charge is 2.34. The second-order valence-electron chi connectivity index (χ2n) is 5.95. The van der Waals surface area contributed by atoms with Gasteiger partial charge in [0, 0.05) is 6.07 Å². The third-order valence-corrected chi connectivity index (χ3v) is 3.17. The van der Waals surface area contributed by atoms with Crippen LogP contribution in [0.5, 0.6) is 11.5 Å². The molecular formula is C15H20N4O3. The van der Waals surface area contributed by atoms with Crippen LogP contribution < -0.4 is 14.8 Å². The number of aliphatic imine (C=N–C) groups is 1. The fourth-order valence-corrected chi connectivity index (χ4v) is 2.00. The van der Waals surface area contributed by atoms with E-state index in [0.29, 0.717) is 17.2 Å². The van der Waals surface area contributed by atoms with Gasteiger partial charge in [0.2, 0.25) is 5.96 Å². The molecule has 2 rings (SSSR count). The number of methoxy groups -OCH3 is 2. The standard InChI is InChI=1S/C15H20N4O3/c1-15(2,3)12-13(20)17-14(19-18-12)16-9-6-7-10(21-4)11(8-9)22-5/h6-8,12H,1-5H3,(H,16,17,20). The Labute approximate surface area is 129 Å². The predicted octanol–water partition coefficient (Wildman–Crippen LogP) is 2.69. The van der Waals surface area contributed by atoms with E-state index >= 15 is 0 Å². The van der Waals surface area contributed by atoms with E-state index in [1.54, 1.807) is 32.4 Å². The zero-order valence-corrected chi connectivity index (χ0v) is 13.4. The number of guanidine groups is 1. The number of azo groups is 1. The summed E-state index contributed by atoms with van der Waals surface area (Å²) in [6.07, 6.45) is 0. The molecule has 0 saturated carbocycles. The van der Waals surface area contributed by atoms with Crippen LogP contribution in [0.25, 0.3) is 0 Å². The number of benzene rings is 1. The molecule has 1 atom stereocenters. The van der Waals surface area contributed by atoms with Gasteiger partial charge in [0.15, 0.2) is 17.5 Å². The van der Waals surface area contributed by atoms with E-state index in [4.69, 9.17) is 9.47 Å². The van der Waals surface area contributed by atoms with Gasteiger partial charge in [-0.25, -0.2) is 4.99 Å². The molecule has 0 aromatic heterocycles.